The molecule has 0 bridgehead atoms. The molecule has 0 amide bonds. The van der Waals surface area contributed by atoms with E-state index in [1.807, 2.05) is 19.1 Å². The first-order chi connectivity index (χ1) is 53.4. The average molecular weight is 1480 g/mol. The number of aliphatic hydroxyl groups excluding tert-OH is 3. The van der Waals surface area contributed by atoms with Gasteiger partial charge in [0.2, 0.25) is 0 Å². The van der Waals surface area contributed by atoms with Crippen LogP contribution in [-0.4, -0.2) is 158 Å². The number of rotatable bonds is 13. The number of imidazole rings is 1. The van der Waals surface area contributed by atoms with Crippen LogP contribution in [0.5, 0.6) is 0 Å². The molecule has 8 aromatic heterocycles. The van der Waals surface area contributed by atoms with Gasteiger partial charge in [-0.25, -0.2) is 9.78 Å². The van der Waals surface area contributed by atoms with Crippen molar-refractivity contribution in [3.63, 3.8) is 0 Å². The third-order valence-electron chi connectivity index (χ3n) is 24.9. The molecule has 8 aliphatic rings. The number of nitrogens with one attached hydrogen (secondary N) is 1. The molecule has 0 radical (unpaired) electrons. The number of aromatic amines is 1. The Labute approximate surface area is 640 Å². The van der Waals surface area contributed by atoms with Gasteiger partial charge < -0.3 is 48.8 Å². The van der Waals surface area contributed by atoms with Gasteiger partial charge in [-0.05, 0) is 212 Å². The highest BCUT2D eigenvalue weighted by molar-refractivity contribution is 5.91. The molecule has 8 aliphatic heterocycles. The predicted molar refractivity (Wildman–Crippen MR) is 421 cm³/mol. The smallest absolute Gasteiger partial charge is 0.373 e. The highest BCUT2D eigenvalue weighted by Crippen LogP contribution is 2.49. The van der Waals surface area contributed by atoms with Crippen molar-refractivity contribution in [1.29, 1.82) is 0 Å². The first-order valence-corrected chi connectivity index (χ1v) is 39.5. The molecule has 4 aromatic carbocycles. The van der Waals surface area contributed by atoms with E-state index >= 15 is 0 Å². The van der Waals surface area contributed by atoms with Gasteiger partial charge in [-0.2, -0.15) is 9.59 Å². The second-order valence-electron chi connectivity index (χ2n) is 31.8. The molecule has 22 nitrogen and oxygen atoms in total. The van der Waals surface area contributed by atoms with Crippen molar-refractivity contribution in [2.24, 2.45) is 0 Å². The SMILES string of the molecule is Cc1ccc2c(c1)c1c(n2CC(C)(O)c2cnccn2)CCN2CCCC12.Cc1ccc2c(c1)c1c(n2CC(O)c2ccncc2)CCN2CCCC12.Cc1ccc2c(c1)c1c(n2CC(O)c2ccncc2C(=O)O)CCN2CCCC12.Cc1ccc2c(c1)c1c(n2CC(O)c2cnc[nH]2)CCN2CCCC12.O=C=O. The van der Waals surface area contributed by atoms with Crippen molar-refractivity contribution < 1.29 is 39.9 Å². The number of aromatic nitrogens is 10. The van der Waals surface area contributed by atoms with Crippen molar-refractivity contribution in [2.45, 2.75) is 186 Å². The van der Waals surface area contributed by atoms with E-state index in [0.717, 1.165) is 75.2 Å². The standard InChI is InChI=1S/C23H25N3O3.C22H26N4O.C22H25N3O.C20H24N4O.CO2/c1-14-4-5-18-16(11-14)22-19-3-2-9-25(19)10-7-20(22)26(18)13-21(27)15-6-8-24-12-17(15)23(28)29;1-15-5-6-17-16(12-15)21-18-4-3-10-25(18)11-7-19(21)26(17)14-22(2,27)20-13-23-8-9-24-20;1-15-4-5-18-17(13-15)22-19-3-2-11-24(19)12-8-20(22)25(18)14-21(26)16-6-9-23-10-7-16;1-13-4-5-16-14(9-13)20-17-3-2-7-23(17)8-6-18(20)24(16)11-19(25)15-10-21-12-22-15;2-1-3/h4-6,8,11-12,19,21,27H,2-3,7,9-10,13H2,1H3,(H,28,29);5-6,8-9,12-13,18,27H,3-4,7,10-11,14H2,1-2H3;4-7,9-10,13,19,21,26H,2-3,8,11-12,14H2,1H3;4-5,9-10,12,17,19,25H,2-3,6-8,11H2,1H3,(H,21,22);. The Bertz CT molecular complexity index is 5370. The molecular weight excluding hydrogens is 1380 g/mol. The Morgan fingerprint density at radius 3 is 1.27 bits per heavy atom. The van der Waals surface area contributed by atoms with Gasteiger partial charge in [0.05, 0.1) is 74.1 Å². The minimum atomic E-state index is -1.07. The highest BCUT2D eigenvalue weighted by Gasteiger charge is 2.41. The molecule has 0 saturated carbocycles. The summed E-state index contributed by atoms with van der Waals surface area (Å²) in [6, 6.07) is 34.2. The number of fused-ring (bicyclic) bond motifs is 20. The molecule has 110 heavy (non-hydrogen) atoms. The summed E-state index contributed by atoms with van der Waals surface area (Å²) in [5.74, 6) is -1.07. The van der Waals surface area contributed by atoms with Crippen molar-refractivity contribution in [1.82, 2.24) is 67.8 Å². The van der Waals surface area contributed by atoms with E-state index in [2.05, 4.69) is 168 Å². The molecule has 20 rings (SSSR count). The number of H-pyrrole nitrogens is 1. The lowest BCUT2D eigenvalue weighted by Crippen LogP contribution is -2.34. The highest BCUT2D eigenvalue weighted by atomic mass is 16.4. The zero-order valence-electron chi connectivity index (χ0n) is 63.6. The summed E-state index contributed by atoms with van der Waals surface area (Å²) in [6.45, 7) is 21.7. The topological polar surface area (TPSA) is 265 Å². The van der Waals surface area contributed by atoms with Gasteiger partial charge in [0, 0.05) is 180 Å². The van der Waals surface area contributed by atoms with Crippen molar-refractivity contribution in [3.8, 4) is 0 Å². The molecular formula is C88H100N14O8. The number of aromatic carboxylic acids is 1. The second kappa shape index (κ2) is 31.5. The Morgan fingerprint density at radius 2 is 0.873 bits per heavy atom. The van der Waals surface area contributed by atoms with Gasteiger partial charge in [-0.3, -0.25) is 39.5 Å². The monoisotopic (exact) mass is 1480 g/mol. The van der Waals surface area contributed by atoms with Gasteiger partial charge in [-0.1, -0.05) is 46.5 Å². The number of aryl methyl sites for hydroxylation is 4. The minimum absolute atomic E-state index is 0.0585. The number of hydrogen-bond acceptors (Lipinski definition) is 16. The average Bonchev–Trinajstić information content (AvgIpc) is 1.60. The predicted octanol–water partition coefficient (Wildman–Crippen LogP) is 13.1. The molecule has 22 heteroatoms. The summed E-state index contributed by atoms with van der Waals surface area (Å²) in [5.41, 5.74) is 23.2. The van der Waals surface area contributed by atoms with E-state index in [-0.39, 0.29) is 11.7 Å². The summed E-state index contributed by atoms with van der Waals surface area (Å²) < 4.78 is 9.29. The van der Waals surface area contributed by atoms with E-state index in [1.54, 1.807) is 49.6 Å². The summed E-state index contributed by atoms with van der Waals surface area (Å²) in [6.07, 6.45) is 27.0. The molecule has 570 valence electrons. The van der Waals surface area contributed by atoms with Crippen molar-refractivity contribution in [2.75, 3.05) is 52.4 Å². The van der Waals surface area contributed by atoms with Crippen LogP contribution in [0.3, 0.4) is 0 Å². The molecule has 4 saturated heterocycles. The second-order valence-corrected chi connectivity index (χ2v) is 31.8. The Balaban J connectivity index is 0.000000110. The van der Waals surface area contributed by atoms with Crippen LogP contribution in [0.1, 0.15) is 201 Å². The number of carboxylic acids is 1. The number of benzene rings is 4. The van der Waals surface area contributed by atoms with Crippen LogP contribution in [0, 0.1) is 27.7 Å². The van der Waals surface area contributed by atoms with Crippen LogP contribution in [0.2, 0.25) is 0 Å². The molecule has 8 atom stereocenters. The van der Waals surface area contributed by atoms with Crippen LogP contribution in [-0.2, 0) is 67.1 Å². The van der Waals surface area contributed by atoms with Crippen LogP contribution < -0.4 is 0 Å². The normalized spacial score (nSPS) is 20.5. The summed E-state index contributed by atoms with van der Waals surface area (Å²) in [7, 11) is 0. The molecule has 8 unspecified atom stereocenters. The first-order valence-electron chi connectivity index (χ1n) is 39.5. The number of aliphatic hydroxyl groups is 4. The van der Waals surface area contributed by atoms with Crippen LogP contribution >= 0.6 is 0 Å². The quantitative estimate of drug-likeness (QED) is 0.0626. The number of pyridine rings is 2. The Kier molecular flexibility index (Phi) is 21.3. The van der Waals surface area contributed by atoms with Crippen molar-refractivity contribution >= 4 is 55.7 Å². The third kappa shape index (κ3) is 14.2. The van der Waals surface area contributed by atoms with E-state index in [9.17, 15) is 30.3 Å². The van der Waals surface area contributed by atoms with E-state index in [1.165, 1.54) is 189 Å². The Hall–Kier alpha value is -9.84. The third-order valence-corrected chi connectivity index (χ3v) is 24.9. The van der Waals surface area contributed by atoms with Crippen LogP contribution in [0.15, 0.2) is 147 Å². The Morgan fingerprint density at radius 1 is 0.482 bits per heavy atom. The van der Waals surface area contributed by atoms with Gasteiger partial charge >= 0.3 is 12.1 Å². The summed E-state index contributed by atoms with van der Waals surface area (Å²) in [5, 5.41) is 58.6. The first kappa shape index (κ1) is 74.3. The lowest BCUT2D eigenvalue weighted by molar-refractivity contribution is -0.191. The maximum absolute atomic E-state index is 11.6. The fourth-order valence-electron chi connectivity index (χ4n) is 19.9. The lowest BCUT2D eigenvalue weighted by atomic mass is 9.95. The number of carbonyl (C=O) groups is 1. The maximum atomic E-state index is 11.6. The zero-order chi connectivity index (χ0) is 76.1. The number of nitrogens with zero attached hydrogens (tertiary/aromatic N) is 13. The van der Waals surface area contributed by atoms with E-state index < -0.39 is 29.9 Å². The van der Waals surface area contributed by atoms with E-state index in [4.69, 9.17) is 9.59 Å². The van der Waals surface area contributed by atoms with Gasteiger partial charge in [-0.15, -0.1) is 0 Å². The zero-order valence-corrected chi connectivity index (χ0v) is 63.6. The molecule has 4 fully saturated rings. The molecule has 0 spiro atoms. The molecule has 6 N–H and O–H groups in total. The number of carboxylic acid groups (broad SMARTS) is 1. The minimum Gasteiger partial charge on any atom is -0.478 e. The van der Waals surface area contributed by atoms with Gasteiger partial charge in [0.1, 0.15) is 11.7 Å². The fraction of sp³-hybridized carbons (Fsp3) is 0.420. The molecule has 16 heterocycles. The molecule has 0 aliphatic carbocycles. The summed E-state index contributed by atoms with van der Waals surface area (Å²) >= 11 is 0. The molecule has 12 aromatic rings. The maximum Gasteiger partial charge on any atom is 0.373 e. The van der Waals surface area contributed by atoms with Gasteiger partial charge in [0.15, 0.2) is 0 Å². The van der Waals surface area contributed by atoms with Crippen LogP contribution in [0.25, 0.3) is 43.6 Å². The largest absolute Gasteiger partial charge is 0.478 e. The summed E-state index contributed by atoms with van der Waals surface area (Å²) in [4.78, 5) is 61.9. The lowest BCUT2D eigenvalue weighted by Gasteiger charge is -2.32. The number of hydrogen-bond donors (Lipinski definition) is 6. The van der Waals surface area contributed by atoms with Gasteiger partial charge in [0.25, 0.3) is 0 Å². The van der Waals surface area contributed by atoms with Crippen molar-refractivity contribution in [3.05, 3.63) is 242 Å². The fourth-order valence-corrected chi connectivity index (χ4v) is 19.9. The van der Waals surface area contributed by atoms with Crippen LogP contribution in [0.4, 0.5) is 0 Å². The number of carbonyl (C=O) groups excluding carboxylic acids is 2. The van der Waals surface area contributed by atoms with E-state index in [0.29, 0.717) is 61.6 Å².